The summed E-state index contributed by atoms with van der Waals surface area (Å²) in [5.74, 6) is 0.363. The van der Waals surface area contributed by atoms with Crippen molar-refractivity contribution < 1.29 is 4.92 Å². The van der Waals surface area contributed by atoms with Crippen LogP contribution in [-0.4, -0.2) is 19.9 Å². The van der Waals surface area contributed by atoms with Gasteiger partial charge in [0.15, 0.2) is 0 Å². The van der Waals surface area contributed by atoms with Crippen LogP contribution in [0.3, 0.4) is 0 Å². The third-order valence-corrected chi connectivity index (χ3v) is 2.93. The van der Waals surface area contributed by atoms with Gasteiger partial charge in [0.2, 0.25) is 5.95 Å². The minimum atomic E-state index is -0.446. The van der Waals surface area contributed by atoms with Crippen LogP contribution < -0.4 is 5.32 Å². The Hall–Kier alpha value is -3.35. The molecule has 3 aromatic rings. The molecule has 0 atom stereocenters. The molecule has 0 aliphatic heterocycles. The third kappa shape index (κ3) is 3.04. The minimum Gasteiger partial charge on any atom is -0.324 e. The number of non-ortho nitro benzene ring substituents is 1. The average Bonchev–Trinajstić information content (AvgIpc) is 2.56. The molecular formula is C15H11N5O2. The standard InChI is InChI=1S/C15H11N5O2/c21-20(22)13-5-1-4-12(9-13)18-15-17-8-6-14(19-15)11-3-2-7-16-10-11/h1-10H,(H,17,18,19). The van der Waals surface area contributed by atoms with Crippen LogP contribution >= 0.6 is 0 Å². The lowest BCUT2D eigenvalue weighted by molar-refractivity contribution is -0.384. The van der Waals surface area contributed by atoms with E-state index in [1.165, 1.54) is 12.1 Å². The molecule has 0 bridgehead atoms. The number of benzene rings is 1. The predicted octanol–water partition coefficient (Wildman–Crippen LogP) is 3.19. The zero-order valence-electron chi connectivity index (χ0n) is 11.4. The van der Waals surface area contributed by atoms with Gasteiger partial charge < -0.3 is 5.32 Å². The van der Waals surface area contributed by atoms with E-state index in [-0.39, 0.29) is 5.69 Å². The molecule has 22 heavy (non-hydrogen) atoms. The number of nitrogens with one attached hydrogen (secondary N) is 1. The number of nitrogens with zero attached hydrogens (tertiary/aromatic N) is 4. The molecule has 0 saturated heterocycles. The predicted molar refractivity (Wildman–Crippen MR) is 81.6 cm³/mol. The lowest BCUT2D eigenvalue weighted by Crippen LogP contribution is -1.98. The monoisotopic (exact) mass is 293 g/mol. The molecule has 3 rings (SSSR count). The van der Waals surface area contributed by atoms with E-state index >= 15 is 0 Å². The number of anilines is 2. The van der Waals surface area contributed by atoms with E-state index in [0.717, 1.165) is 11.3 Å². The van der Waals surface area contributed by atoms with Gasteiger partial charge in [-0.1, -0.05) is 6.07 Å². The van der Waals surface area contributed by atoms with Gasteiger partial charge in [0.05, 0.1) is 10.6 Å². The fourth-order valence-corrected chi connectivity index (χ4v) is 1.92. The molecule has 108 valence electrons. The van der Waals surface area contributed by atoms with Crippen LogP contribution in [0, 0.1) is 10.1 Å². The molecule has 0 aliphatic rings. The zero-order valence-corrected chi connectivity index (χ0v) is 11.4. The van der Waals surface area contributed by atoms with Gasteiger partial charge in [0, 0.05) is 42.0 Å². The third-order valence-electron chi connectivity index (χ3n) is 2.93. The van der Waals surface area contributed by atoms with Crippen molar-refractivity contribution in [2.24, 2.45) is 0 Å². The SMILES string of the molecule is O=[N+]([O-])c1cccc(Nc2nccc(-c3cccnc3)n2)c1. The molecule has 0 unspecified atom stereocenters. The normalized spacial score (nSPS) is 10.2. The first-order valence-electron chi connectivity index (χ1n) is 6.47. The van der Waals surface area contributed by atoms with E-state index < -0.39 is 4.92 Å². The van der Waals surface area contributed by atoms with Gasteiger partial charge in [0.1, 0.15) is 0 Å². The van der Waals surface area contributed by atoms with Gasteiger partial charge >= 0.3 is 0 Å². The van der Waals surface area contributed by atoms with Gasteiger partial charge in [-0.3, -0.25) is 15.1 Å². The Morgan fingerprint density at radius 3 is 2.77 bits per heavy atom. The molecule has 0 saturated carbocycles. The highest BCUT2D eigenvalue weighted by Crippen LogP contribution is 2.21. The van der Waals surface area contributed by atoms with Crippen molar-refractivity contribution in [1.82, 2.24) is 15.0 Å². The molecular weight excluding hydrogens is 282 g/mol. The molecule has 1 N–H and O–H groups in total. The maximum atomic E-state index is 10.8. The molecule has 0 aliphatic carbocycles. The van der Waals surface area contributed by atoms with E-state index in [4.69, 9.17) is 0 Å². The quantitative estimate of drug-likeness (QED) is 0.586. The molecule has 7 heteroatoms. The fourth-order valence-electron chi connectivity index (χ4n) is 1.92. The lowest BCUT2D eigenvalue weighted by Gasteiger charge is -2.06. The van der Waals surface area contributed by atoms with Gasteiger partial charge in [-0.2, -0.15) is 0 Å². The van der Waals surface area contributed by atoms with E-state index in [2.05, 4.69) is 20.3 Å². The Kier molecular flexibility index (Phi) is 3.69. The first-order chi connectivity index (χ1) is 10.7. The molecule has 2 heterocycles. The molecule has 0 fully saturated rings. The molecule has 1 aromatic carbocycles. The number of nitro benzene ring substituents is 1. The highest BCUT2D eigenvalue weighted by atomic mass is 16.6. The van der Waals surface area contributed by atoms with Gasteiger partial charge in [-0.15, -0.1) is 0 Å². The summed E-state index contributed by atoms with van der Waals surface area (Å²) < 4.78 is 0. The second kappa shape index (κ2) is 5.96. The highest BCUT2D eigenvalue weighted by Gasteiger charge is 2.07. The van der Waals surface area contributed by atoms with Crippen molar-refractivity contribution in [2.45, 2.75) is 0 Å². The molecule has 0 amide bonds. The Morgan fingerprint density at radius 1 is 1.09 bits per heavy atom. The smallest absolute Gasteiger partial charge is 0.271 e. The summed E-state index contributed by atoms with van der Waals surface area (Å²) >= 11 is 0. The molecule has 0 spiro atoms. The average molecular weight is 293 g/mol. The van der Waals surface area contributed by atoms with E-state index in [1.807, 2.05) is 12.1 Å². The lowest BCUT2D eigenvalue weighted by atomic mass is 10.2. The van der Waals surface area contributed by atoms with Gasteiger partial charge in [-0.05, 0) is 24.3 Å². The fraction of sp³-hybridized carbons (Fsp3) is 0. The molecule has 0 radical (unpaired) electrons. The maximum Gasteiger partial charge on any atom is 0.271 e. The second-order valence-corrected chi connectivity index (χ2v) is 4.44. The van der Waals surface area contributed by atoms with Crippen LogP contribution in [-0.2, 0) is 0 Å². The largest absolute Gasteiger partial charge is 0.324 e. The number of nitro groups is 1. The Balaban J connectivity index is 1.87. The van der Waals surface area contributed by atoms with Crippen LogP contribution in [0.15, 0.2) is 61.1 Å². The first-order valence-corrected chi connectivity index (χ1v) is 6.47. The van der Waals surface area contributed by atoms with Crippen molar-refractivity contribution in [3.05, 3.63) is 71.2 Å². The van der Waals surface area contributed by atoms with Gasteiger partial charge in [-0.25, -0.2) is 9.97 Å². The minimum absolute atomic E-state index is 0.00779. The topological polar surface area (TPSA) is 93.8 Å². The summed E-state index contributed by atoms with van der Waals surface area (Å²) in [6.07, 6.45) is 5.02. The van der Waals surface area contributed by atoms with Gasteiger partial charge in [0.25, 0.3) is 5.69 Å². The summed E-state index contributed by atoms with van der Waals surface area (Å²) in [7, 11) is 0. The van der Waals surface area contributed by atoms with E-state index in [9.17, 15) is 10.1 Å². The summed E-state index contributed by atoms with van der Waals surface area (Å²) in [5.41, 5.74) is 2.15. The zero-order chi connectivity index (χ0) is 15.4. The maximum absolute atomic E-state index is 10.8. The van der Waals surface area contributed by atoms with E-state index in [0.29, 0.717) is 11.6 Å². The number of aromatic nitrogens is 3. The summed E-state index contributed by atoms with van der Waals surface area (Å²) in [6, 6.07) is 11.7. The summed E-state index contributed by atoms with van der Waals surface area (Å²) in [6.45, 7) is 0. The van der Waals surface area contributed by atoms with Crippen LogP contribution in [0.25, 0.3) is 11.3 Å². The van der Waals surface area contributed by atoms with Crippen molar-refractivity contribution in [1.29, 1.82) is 0 Å². The number of hydrogen-bond donors (Lipinski definition) is 1. The van der Waals surface area contributed by atoms with Crippen molar-refractivity contribution in [3.63, 3.8) is 0 Å². The second-order valence-electron chi connectivity index (χ2n) is 4.44. The Morgan fingerprint density at radius 2 is 2.00 bits per heavy atom. The molecule has 2 aromatic heterocycles. The number of pyridine rings is 1. The van der Waals surface area contributed by atoms with Crippen LogP contribution in [0.5, 0.6) is 0 Å². The first kappa shape index (κ1) is 13.6. The van der Waals surface area contributed by atoms with Crippen molar-refractivity contribution >= 4 is 17.3 Å². The number of hydrogen-bond acceptors (Lipinski definition) is 6. The molecule has 7 nitrogen and oxygen atoms in total. The number of rotatable bonds is 4. The van der Waals surface area contributed by atoms with Crippen molar-refractivity contribution in [3.8, 4) is 11.3 Å². The summed E-state index contributed by atoms with van der Waals surface area (Å²) in [4.78, 5) is 22.9. The highest BCUT2D eigenvalue weighted by molar-refractivity contribution is 5.62. The van der Waals surface area contributed by atoms with Crippen LogP contribution in [0.1, 0.15) is 0 Å². The van der Waals surface area contributed by atoms with Crippen molar-refractivity contribution in [2.75, 3.05) is 5.32 Å². The Labute approximate surface area is 125 Å². The van der Waals surface area contributed by atoms with Crippen LogP contribution in [0.2, 0.25) is 0 Å². The summed E-state index contributed by atoms with van der Waals surface area (Å²) in [5, 5.41) is 13.7. The Bertz CT molecular complexity index is 808. The van der Waals surface area contributed by atoms with Crippen LogP contribution in [0.4, 0.5) is 17.3 Å². The van der Waals surface area contributed by atoms with E-state index in [1.54, 1.807) is 36.8 Å².